The number of hydrogen-bond donors (Lipinski definition) is 1. The van der Waals surface area contributed by atoms with E-state index in [1.165, 1.54) is 0 Å². The van der Waals surface area contributed by atoms with E-state index in [4.69, 9.17) is 4.74 Å². The Kier molecular flexibility index (Phi) is 9.04. The second-order valence-corrected chi connectivity index (χ2v) is 13.3. The molecule has 8 nitrogen and oxygen atoms in total. The number of amides is 3. The van der Waals surface area contributed by atoms with Crippen molar-refractivity contribution in [1.29, 1.82) is 0 Å². The Morgan fingerprint density at radius 3 is 2.40 bits per heavy atom. The molecule has 0 aliphatic carbocycles. The van der Waals surface area contributed by atoms with Crippen LogP contribution in [-0.2, 0) is 20.9 Å². The van der Waals surface area contributed by atoms with Gasteiger partial charge in [-0.05, 0) is 49.1 Å². The minimum absolute atomic E-state index is 0.00812. The van der Waals surface area contributed by atoms with Gasteiger partial charge in [-0.3, -0.25) is 14.4 Å². The highest BCUT2D eigenvalue weighted by Crippen LogP contribution is 2.69. The zero-order chi connectivity index (χ0) is 30.9. The van der Waals surface area contributed by atoms with Crippen molar-refractivity contribution in [3.63, 3.8) is 0 Å². The lowest BCUT2D eigenvalue weighted by atomic mass is 9.65. The molecule has 5 rings (SSSR count). The van der Waals surface area contributed by atoms with Crippen molar-refractivity contribution in [2.45, 2.75) is 48.9 Å². The Labute approximate surface area is 258 Å². The van der Waals surface area contributed by atoms with Crippen LogP contribution >= 0.6 is 11.8 Å². The first-order valence-corrected chi connectivity index (χ1v) is 15.7. The van der Waals surface area contributed by atoms with Crippen LogP contribution in [0.15, 0.2) is 79.9 Å². The van der Waals surface area contributed by atoms with E-state index >= 15 is 0 Å². The van der Waals surface area contributed by atoms with Crippen LogP contribution in [-0.4, -0.2) is 81.5 Å². The van der Waals surface area contributed by atoms with Gasteiger partial charge in [-0.25, -0.2) is 0 Å². The Bertz CT molecular complexity index is 1370. The molecule has 0 saturated carbocycles. The predicted octanol–water partition coefficient (Wildman–Crippen LogP) is 4.15. The highest BCUT2D eigenvalue weighted by molar-refractivity contribution is 8.02. The van der Waals surface area contributed by atoms with Gasteiger partial charge in [0.1, 0.15) is 11.8 Å². The molecular weight excluding hydrogens is 562 g/mol. The van der Waals surface area contributed by atoms with E-state index in [9.17, 15) is 19.5 Å². The average Bonchev–Trinajstić information content (AvgIpc) is 3.62. The zero-order valence-corrected chi connectivity index (χ0v) is 25.9. The molecule has 3 saturated heterocycles. The van der Waals surface area contributed by atoms with Gasteiger partial charge < -0.3 is 24.5 Å². The standard InChI is InChI=1S/C34H41N3O5S/c1-6-17-35(20-24-11-9-8-10-12-24)31(39)28-27-19-22(3)34(43-27)29(28)32(40)37(23(4)21-38)30(34)33(41)36(18-7-2)25-13-15-26(42-5)16-14-25/h6-16,22-23,27-30,38H,1-2,17-21H2,3-5H3/t22?,23-,27+,28-,29+,30?,34?/m1/s1. The van der Waals surface area contributed by atoms with Crippen molar-refractivity contribution in [2.75, 3.05) is 31.7 Å². The van der Waals surface area contributed by atoms with Gasteiger partial charge in [0, 0.05) is 30.6 Å². The summed E-state index contributed by atoms with van der Waals surface area (Å²) in [4.78, 5) is 48.6. The summed E-state index contributed by atoms with van der Waals surface area (Å²) in [6, 6.07) is 15.6. The molecule has 3 fully saturated rings. The van der Waals surface area contributed by atoms with Gasteiger partial charge in [-0.15, -0.1) is 24.9 Å². The van der Waals surface area contributed by atoms with E-state index in [-0.39, 0.29) is 42.0 Å². The van der Waals surface area contributed by atoms with E-state index in [2.05, 4.69) is 20.1 Å². The number of carbonyl (C=O) groups excluding carboxylic acids is 3. The Hall–Kier alpha value is -3.56. The van der Waals surface area contributed by atoms with Crippen LogP contribution in [0.5, 0.6) is 5.75 Å². The molecule has 228 valence electrons. The van der Waals surface area contributed by atoms with Gasteiger partial charge in [0.2, 0.25) is 11.8 Å². The fourth-order valence-electron chi connectivity index (χ4n) is 7.35. The number of likely N-dealkylation sites (tertiary alicyclic amines) is 1. The molecule has 2 bridgehead atoms. The third-order valence-corrected chi connectivity index (χ3v) is 11.4. The second-order valence-electron chi connectivity index (χ2n) is 11.8. The van der Waals surface area contributed by atoms with Gasteiger partial charge in [-0.2, -0.15) is 0 Å². The maximum absolute atomic E-state index is 14.7. The first kappa shape index (κ1) is 30.9. The van der Waals surface area contributed by atoms with Crippen LogP contribution < -0.4 is 9.64 Å². The normalized spacial score (nSPS) is 27.9. The van der Waals surface area contributed by atoms with Crippen LogP contribution in [0.25, 0.3) is 0 Å². The number of hydrogen-bond acceptors (Lipinski definition) is 6. The van der Waals surface area contributed by atoms with Crippen molar-refractivity contribution in [1.82, 2.24) is 9.80 Å². The van der Waals surface area contributed by atoms with Gasteiger partial charge in [0.15, 0.2) is 0 Å². The minimum Gasteiger partial charge on any atom is -0.497 e. The Balaban J connectivity index is 1.56. The molecule has 9 heteroatoms. The maximum atomic E-state index is 14.7. The third-order valence-electron chi connectivity index (χ3n) is 9.28. The number of aliphatic hydroxyl groups is 1. The van der Waals surface area contributed by atoms with E-state index < -0.39 is 28.7 Å². The number of fused-ring (bicyclic) bond motifs is 1. The maximum Gasteiger partial charge on any atom is 0.251 e. The number of anilines is 1. The molecule has 3 aliphatic rings. The number of aliphatic hydroxyl groups excluding tert-OH is 1. The number of nitrogens with zero attached hydrogens (tertiary/aromatic N) is 3. The molecule has 1 N–H and O–H groups in total. The van der Waals surface area contributed by atoms with Crippen molar-refractivity contribution in [3.8, 4) is 5.75 Å². The summed E-state index contributed by atoms with van der Waals surface area (Å²) >= 11 is 1.63. The smallest absolute Gasteiger partial charge is 0.251 e. The molecule has 3 heterocycles. The highest BCUT2D eigenvalue weighted by Gasteiger charge is 2.76. The van der Waals surface area contributed by atoms with Crippen molar-refractivity contribution < 1.29 is 24.2 Å². The summed E-state index contributed by atoms with van der Waals surface area (Å²) in [6.07, 6.45) is 4.11. The SMILES string of the molecule is C=CCN(Cc1ccccc1)C(=O)[C@@H]1[C@@H]2CC(C)C3(S2)C(C(=O)N(CC=C)c2ccc(OC)cc2)N([C@H](C)CO)C(=O)[C@H]13. The number of methoxy groups -OCH3 is 1. The Morgan fingerprint density at radius 1 is 1.12 bits per heavy atom. The molecule has 3 aliphatic heterocycles. The van der Waals surface area contributed by atoms with Gasteiger partial charge in [0.25, 0.3) is 5.91 Å². The fourth-order valence-corrected chi connectivity index (χ4v) is 9.74. The topological polar surface area (TPSA) is 90.4 Å². The number of carbonyl (C=O) groups is 3. The number of rotatable bonds is 12. The van der Waals surface area contributed by atoms with E-state index in [0.717, 1.165) is 12.0 Å². The van der Waals surface area contributed by atoms with Crippen molar-refractivity contribution in [3.05, 3.63) is 85.5 Å². The van der Waals surface area contributed by atoms with E-state index in [0.29, 0.717) is 24.5 Å². The summed E-state index contributed by atoms with van der Waals surface area (Å²) in [5, 5.41) is 10.2. The lowest BCUT2D eigenvalue weighted by Crippen LogP contribution is -2.59. The van der Waals surface area contributed by atoms with Crippen LogP contribution in [0.1, 0.15) is 25.8 Å². The largest absolute Gasteiger partial charge is 0.497 e. The lowest BCUT2D eigenvalue weighted by molar-refractivity contribution is -0.145. The highest BCUT2D eigenvalue weighted by atomic mass is 32.2. The predicted molar refractivity (Wildman–Crippen MR) is 170 cm³/mol. The molecule has 1 spiro atoms. The van der Waals surface area contributed by atoms with E-state index in [1.807, 2.05) is 42.5 Å². The van der Waals surface area contributed by atoms with Crippen LogP contribution in [0.3, 0.4) is 0 Å². The van der Waals surface area contributed by atoms with Crippen LogP contribution in [0, 0.1) is 17.8 Å². The minimum atomic E-state index is -0.848. The number of ether oxygens (including phenoxy) is 1. The van der Waals surface area contributed by atoms with Gasteiger partial charge in [-0.1, -0.05) is 49.4 Å². The Morgan fingerprint density at radius 2 is 1.79 bits per heavy atom. The number of benzene rings is 2. The van der Waals surface area contributed by atoms with Crippen molar-refractivity contribution in [2.24, 2.45) is 17.8 Å². The molecule has 0 aromatic heterocycles. The third kappa shape index (κ3) is 5.16. The molecule has 0 radical (unpaired) electrons. The molecule has 43 heavy (non-hydrogen) atoms. The molecule has 3 unspecified atom stereocenters. The molecule has 2 aromatic carbocycles. The monoisotopic (exact) mass is 603 g/mol. The lowest BCUT2D eigenvalue weighted by Gasteiger charge is -2.41. The molecule has 3 amide bonds. The summed E-state index contributed by atoms with van der Waals surface area (Å²) in [7, 11) is 1.59. The first-order valence-electron chi connectivity index (χ1n) is 14.8. The first-order chi connectivity index (χ1) is 20.7. The summed E-state index contributed by atoms with van der Waals surface area (Å²) in [5.74, 6) is -1.12. The van der Waals surface area contributed by atoms with Crippen LogP contribution in [0.4, 0.5) is 5.69 Å². The average molecular weight is 604 g/mol. The summed E-state index contributed by atoms with van der Waals surface area (Å²) < 4.78 is 4.51. The summed E-state index contributed by atoms with van der Waals surface area (Å²) in [5.41, 5.74) is 1.66. The fraction of sp³-hybridized carbons (Fsp3) is 0.441. The quantitative estimate of drug-likeness (QED) is 0.367. The zero-order valence-electron chi connectivity index (χ0n) is 25.1. The number of thioether (sulfide) groups is 1. The van der Waals surface area contributed by atoms with Gasteiger partial charge in [0.05, 0.1) is 36.3 Å². The second kappa shape index (κ2) is 12.6. The van der Waals surface area contributed by atoms with Crippen LogP contribution in [0.2, 0.25) is 0 Å². The molecular formula is C34H41N3O5S. The van der Waals surface area contributed by atoms with Crippen molar-refractivity contribution >= 4 is 35.2 Å². The summed E-state index contributed by atoms with van der Waals surface area (Å²) in [6.45, 7) is 12.3. The molecule has 7 atom stereocenters. The van der Waals surface area contributed by atoms with Gasteiger partial charge >= 0.3 is 0 Å². The molecule has 2 aromatic rings. The van der Waals surface area contributed by atoms with E-state index in [1.54, 1.807) is 64.8 Å².